The number of nitrogens with one attached hydrogen (secondary N) is 1. The third kappa shape index (κ3) is 4.50. The van der Waals surface area contributed by atoms with Crippen molar-refractivity contribution < 1.29 is 4.79 Å². The summed E-state index contributed by atoms with van der Waals surface area (Å²) in [6, 6.07) is 15.5. The summed E-state index contributed by atoms with van der Waals surface area (Å²) in [5.41, 5.74) is 1.97. The molecule has 3 nitrogen and oxygen atoms in total. The molecule has 1 fully saturated rings. The van der Waals surface area contributed by atoms with Crippen molar-refractivity contribution >= 4 is 34.8 Å². The van der Waals surface area contributed by atoms with Crippen molar-refractivity contribution in [3.8, 4) is 0 Å². The average molecular weight is 363 g/mol. The molecule has 5 heteroatoms. The number of hydrogen-bond donors (Lipinski definition) is 1. The normalized spacial score (nSPS) is 18.3. The summed E-state index contributed by atoms with van der Waals surface area (Å²) < 4.78 is 0. The largest absolute Gasteiger partial charge is 0.326 e. The first kappa shape index (κ1) is 17.3. The van der Waals surface area contributed by atoms with Crippen LogP contribution in [-0.4, -0.2) is 23.9 Å². The Bertz CT molecular complexity index is 706. The lowest BCUT2D eigenvalue weighted by Gasteiger charge is -2.32. The van der Waals surface area contributed by atoms with Crippen molar-refractivity contribution in [2.24, 2.45) is 5.92 Å². The Morgan fingerprint density at radius 3 is 2.67 bits per heavy atom. The smallest absolute Gasteiger partial charge is 0.228 e. The van der Waals surface area contributed by atoms with Crippen molar-refractivity contribution in [2.45, 2.75) is 19.4 Å². The minimum absolute atomic E-state index is 0.00286. The van der Waals surface area contributed by atoms with Gasteiger partial charge in [0.1, 0.15) is 0 Å². The van der Waals surface area contributed by atoms with E-state index in [-0.39, 0.29) is 11.8 Å². The molecule has 2 aromatic carbocycles. The highest BCUT2D eigenvalue weighted by Crippen LogP contribution is 2.26. The number of hydrogen-bond acceptors (Lipinski definition) is 2. The van der Waals surface area contributed by atoms with Crippen LogP contribution in [0.5, 0.6) is 0 Å². The van der Waals surface area contributed by atoms with Crippen LogP contribution in [0, 0.1) is 5.92 Å². The Labute approximate surface area is 152 Å². The Morgan fingerprint density at radius 2 is 1.92 bits per heavy atom. The molecule has 1 atom stereocenters. The summed E-state index contributed by atoms with van der Waals surface area (Å²) >= 11 is 11.9. The van der Waals surface area contributed by atoms with E-state index in [0.717, 1.165) is 32.5 Å². The maximum Gasteiger partial charge on any atom is 0.228 e. The molecule has 1 heterocycles. The molecule has 0 aromatic heterocycles. The predicted octanol–water partition coefficient (Wildman–Crippen LogP) is 4.84. The fourth-order valence-corrected chi connectivity index (χ4v) is 3.37. The number of amides is 1. The average Bonchev–Trinajstić information content (AvgIpc) is 2.59. The molecule has 0 aliphatic carbocycles. The summed E-state index contributed by atoms with van der Waals surface area (Å²) in [6.07, 6.45) is 1.95. The van der Waals surface area contributed by atoms with Gasteiger partial charge in [-0.1, -0.05) is 53.5 Å². The Kier molecular flexibility index (Phi) is 5.77. The fraction of sp³-hybridized carbons (Fsp3) is 0.316. The van der Waals surface area contributed by atoms with E-state index in [9.17, 15) is 4.79 Å². The number of anilines is 1. The molecule has 0 spiro atoms. The van der Waals surface area contributed by atoms with Gasteiger partial charge >= 0.3 is 0 Å². The van der Waals surface area contributed by atoms with Gasteiger partial charge in [0, 0.05) is 18.8 Å². The number of likely N-dealkylation sites (tertiary alicyclic amines) is 1. The molecule has 0 bridgehead atoms. The van der Waals surface area contributed by atoms with E-state index < -0.39 is 0 Å². The summed E-state index contributed by atoms with van der Waals surface area (Å²) in [5, 5.41) is 3.89. The molecular formula is C19H20Cl2N2O. The fourth-order valence-electron chi connectivity index (χ4n) is 3.07. The lowest BCUT2D eigenvalue weighted by Crippen LogP contribution is -2.40. The van der Waals surface area contributed by atoms with Crippen molar-refractivity contribution in [3.63, 3.8) is 0 Å². The van der Waals surface area contributed by atoms with E-state index in [1.165, 1.54) is 5.56 Å². The van der Waals surface area contributed by atoms with Gasteiger partial charge in [-0.05, 0) is 43.1 Å². The molecule has 1 saturated heterocycles. The van der Waals surface area contributed by atoms with E-state index in [1.54, 1.807) is 18.2 Å². The maximum absolute atomic E-state index is 12.5. The van der Waals surface area contributed by atoms with Crippen LogP contribution in [0.3, 0.4) is 0 Å². The second-order valence-electron chi connectivity index (χ2n) is 6.18. The van der Waals surface area contributed by atoms with E-state index in [2.05, 4.69) is 22.3 Å². The summed E-state index contributed by atoms with van der Waals surface area (Å²) in [5.74, 6) is 0.0445. The molecule has 126 valence electrons. The zero-order valence-corrected chi connectivity index (χ0v) is 14.9. The topological polar surface area (TPSA) is 32.3 Å². The van der Waals surface area contributed by atoms with Gasteiger partial charge in [0.15, 0.2) is 0 Å². The van der Waals surface area contributed by atoms with Gasteiger partial charge in [0.25, 0.3) is 0 Å². The minimum atomic E-state index is -0.00286. The number of carbonyl (C=O) groups excluding carboxylic acids is 1. The van der Waals surface area contributed by atoms with Gasteiger partial charge in [-0.15, -0.1) is 0 Å². The molecule has 1 aliphatic heterocycles. The number of nitrogens with zero attached hydrogens (tertiary/aromatic N) is 1. The second kappa shape index (κ2) is 8.02. The van der Waals surface area contributed by atoms with Crippen LogP contribution in [-0.2, 0) is 11.3 Å². The monoisotopic (exact) mass is 362 g/mol. The quantitative estimate of drug-likeness (QED) is 0.843. The minimum Gasteiger partial charge on any atom is -0.326 e. The molecule has 0 saturated carbocycles. The molecule has 2 aromatic rings. The Balaban J connectivity index is 1.59. The number of halogens is 2. The van der Waals surface area contributed by atoms with Crippen molar-refractivity contribution in [1.29, 1.82) is 0 Å². The zero-order valence-electron chi connectivity index (χ0n) is 13.3. The SMILES string of the molecule is O=C(Nc1ccc(Cl)c(Cl)c1)[C@H]1CCCN(Cc2ccccc2)C1. The summed E-state index contributed by atoms with van der Waals surface area (Å²) in [4.78, 5) is 14.9. The summed E-state index contributed by atoms with van der Waals surface area (Å²) in [7, 11) is 0. The third-order valence-corrected chi connectivity index (χ3v) is 5.05. The first-order valence-electron chi connectivity index (χ1n) is 8.14. The number of carbonyl (C=O) groups is 1. The van der Waals surface area contributed by atoms with Crippen LogP contribution in [0.4, 0.5) is 5.69 Å². The third-order valence-electron chi connectivity index (χ3n) is 4.31. The van der Waals surface area contributed by atoms with E-state index in [4.69, 9.17) is 23.2 Å². The van der Waals surface area contributed by atoms with Gasteiger partial charge in [-0.25, -0.2) is 0 Å². The lowest BCUT2D eigenvalue weighted by molar-refractivity contribution is -0.121. The van der Waals surface area contributed by atoms with Gasteiger partial charge < -0.3 is 5.32 Å². The molecule has 24 heavy (non-hydrogen) atoms. The molecule has 1 aliphatic rings. The highest BCUT2D eigenvalue weighted by molar-refractivity contribution is 6.42. The molecule has 0 unspecified atom stereocenters. The predicted molar refractivity (Wildman–Crippen MR) is 99.5 cm³/mol. The lowest BCUT2D eigenvalue weighted by atomic mass is 9.96. The number of benzene rings is 2. The van der Waals surface area contributed by atoms with Gasteiger partial charge in [0.05, 0.1) is 16.0 Å². The molecule has 1 N–H and O–H groups in total. The van der Waals surface area contributed by atoms with E-state index in [0.29, 0.717) is 15.7 Å². The Morgan fingerprint density at radius 1 is 1.12 bits per heavy atom. The molecule has 0 radical (unpaired) electrons. The van der Waals surface area contributed by atoms with Crippen LogP contribution in [0.25, 0.3) is 0 Å². The second-order valence-corrected chi connectivity index (χ2v) is 6.99. The highest BCUT2D eigenvalue weighted by Gasteiger charge is 2.25. The van der Waals surface area contributed by atoms with Crippen LogP contribution in [0.2, 0.25) is 10.0 Å². The first-order valence-corrected chi connectivity index (χ1v) is 8.89. The molecule has 3 rings (SSSR count). The summed E-state index contributed by atoms with van der Waals surface area (Å²) in [6.45, 7) is 2.70. The first-order chi connectivity index (χ1) is 11.6. The van der Waals surface area contributed by atoms with Crippen LogP contribution >= 0.6 is 23.2 Å². The molecule has 1 amide bonds. The van der Waals surface area contributed by atoms with Crippen molar-refractivity contribution in [1.82, 2.24) is 4.90 Å². The van der Waals surface area contributed by atoms with Crippen molar-refractivity contribution in [3.05, 3.63) is 64.1 Å². The van der Waals surface area contributed by atoms with Crippen LogP contribution in [0.1, 0.15) is 18.4 Å². The van der Waals surface area contributed by atoms with Crippen LogP contribution < -0.4 is 5.32 Å². The number of piperidine rings is 1. The standard InChI is InChI=1S/C19H20Cl2N2O/c20-17-9-8-16(11-18(17)21)22-19(24)15-7-4-10-23(13-15)12-14-5-2-1-3-6-14/h1-3,5-6,8-9,11,15H,4,7,10,12-13H2,(H,22,24)/t15-/m0/s1. The van der Waals surface area contributed by atoms with Gasteiger partial charge in [0.2, 0.25) is 5.91 Å². The van der Waals surface area contributed by atoms with Gasteiger partial charge in [-0.2, -0.15) is 0 Å². The van der Waals surface area contributed by atoms with Gasteiger partial charge in [-0.3, -0.25) is 9.69 Å². The number of rotatable bonds is 4. The zero-order chi connectivity index (χ0) is 16.9. The molecular weight excluding hydrogens is 343 g/mol. The van der Waals surface area contributed by atoms with Crippen molar-refractivity contribution in [2.75, 3.05) is 18.4 Å². The van der Waals surface area contributed by atoms with E-state index >= 15 is 0 Å². The Hall–Kier alpha value is -1.55. The van der Waals surface area contributed by atoms with E-state index in [1.807, 2.05) is 18.2 Å². The van der Waals surface area contributed by atoms with Crippen LogP contribution in [0.15, 0.2) is 48.5 Å². The highest BCUT2D eigenvalue weighted by atomic mass is 35.5. The maximum atomic E-state index is 12.5.